The molecule has 3 aromatic rings. The van der Waals surface area contributed by atoms with Crippen molar-refractivity contribution in [3.05, 3.63) is 100 Å². The number of ether oxygens (including phenoxy) is 1. The molecule has 1 atom stereocenters. The van der Waals surface area contributed by atoms with Crippen molar-refractivity contribution in [2.75, 3.05) is 13.2 Å². The van der Waals surface area contributed by atoms with E-state index < -0.39 is 6.04 Å². The highest BCUT2D eigenvalue weighted by Gasteiger charge is 2.30. The van der Waals surface area contributed by atoms with Gasteiger partial charge in [0.15, 0.2) is 6.61 Å². The molecule has 3 aromatic carbocycles. The van der Waals surface area contributed by atoms with Crippen molar-refractivity contribution >= 4 is 35.0 Å². The third-order valence-corrected chi connectivity index (χ3v) is 5.49. The number of amides is 2. The highest BCUT2D eigenvalue weighted by atomic mass is 35.5. The Balaban J connectivity index is 1.89. The van der Waals surface area contributed by atoms with Gasteiger partial charge in [0.2, 0.25) is 5.91 Å². The van der Waals surface area contributed by atoms with Crippen LogP contribution >= 0.6 is 23.2 Å². The van der Waals surface area contributed by atoms with E-state index in [1.54, 1.807) is 41.3 Å². The zero-order valence-corrected chi connectivity index (χ0v) is 19.9. The van der Waals surface area contributed by atoms with Crippen LogP contribution in [0.5, 0.6) is 5.75 Å². The molecule has 172 valence electrons. The number of benzene rings is 3. The molecule has 0 unspecified atom stereocenters. The van der Waals surface area contributed by atoms with Gasteiger partial charge in [-0.25, -0.2) is 0 Å². The molecule has 5 nitrogen and oxygen atoms in total. The van der Waals surface area contributed by atoms with Gasteiger partial charge in [0.1, 0.15) is 11.8 Å². The molecule has 33 heavy (non-hydrogen) atoms. The SMILES string of the molecule is CCNC(=O)[C@@H](Cc1ccccc1)N(Cc1cccc(Cl)c1)C(=O)COc1cccc(Cl)c1. The second kappa shape index (κ2) is 12.3. The molecule has 0 spiro atoms. The third kappa shape index (κ3) is 7.52. The Kier molecular flexibility index (Phi) is 9.16. The number of halogens is 2. The van der Waals surface area contributed by atoms with Crippen LogP contribution in [0.25, 0.3) is 0 Å². The van der Waals surface area contributed by atoms with Crippen molar-refractivity contribution in [2.45, 2.75) is 25.9 Å². The summed E-state index contributed by atoms with van der Waals surface area (Å²) in [4.78, 5) is 28.0. The van der Waals surface area contributed by atoms with Crippen molar-refractivity contribution in [1.29, 1.82) is 0 Å². The molecular weight excluding hydrogens is 459 g/mol. The average molecular weight is 485 g/mol. The summed E-state index contributed by atoms with van der Waals surface area (Å²) >= 11 is 12.2. The van der Waals surface area contributed by atoms with E-state index in [1.165, 1.54) is 0 Å². The summed E-state index contributed by atoms with van der Waals surface area (Å²) in [5, 5.41) is 3.94. The van der Waals surface area contributed by atoms with E-state index in [4.69, 9.17) is 27.9 Å². The molecule has 0 heterocycles. The Bertz CT molecular complexity index is 1080. The predicted octanol–water partition coefficient (Wildman–Crippen LogP) is 5.15. The largest absolute Gasteiger partial charge is 0.484 e. The Labute approximate surface area is 204 Å². The number of nitrogens with one attached hydrogen (secondary N) is 1. The molecule has 0 saturated carbocycles. The fourth-order valence-corrected chi connectivity index (χ4v) is 3.86. The summed E-state index contributed by atoms with van der Waals surface area (Å²) in [5.41, 5.74) is 1.77. The first-order chi connectivity index (χ1) is 16.0. The minimum atomic E-state index is -0.721. The molecule has 0 bridgehead atoms. The predicted molar refractivity (Wildman–Crippen MR) is 132 cm³/mol. The molecule has 1 N–H and O–H groups in total. The molecule has 0 aromatic heterocycles. The van der Waals surface area contributed by atoms with Gasteiger partial charge < -0.3 is 15.0 Å². The molecule has 0 aliphatic heterocycles. The zero-order valence-electron chi connectivity index (χ0n) is 18.3. The van der Waals surface area contributed by atoms with Gasteiger partial charge in [0, 0.05) is 29.6 Å². The van der Waals surface area contributed by atoms with Crippen LogP contribution in [0, 0.1) is 0 Å². The maximum absolute atomic E-state index is 13.4. The number of carbonyl (C=O) groups excluding carboxylic acids is 2. The fourth-order valence-electron chi connectivity index (χ4n) is 3.46. The van der Waals surface area contributed by atoms with Gasteiger partial charge >= 0.3 is 0 Å². The number of hydrogen-bond acceptors (Lipinski definition) is 3. The molecule has 2 amide bonds. The van der Waals surface area contributed by atoms with E-state index in [2.05, 4.69) is 5.32 Å². The smallest absolute Gasteiger partial charge is 0.261 e. The molecule has 0 aliphatic carbocycles. The number of likely N-dealkylation sites (N-methyl/N-ethyl adjacent to an activating group) is 1. The monoisotopic (exact) mass is 484 g/mol. The zero-order chi connectivity index (χ0) is 23.6. The van der Waals surface area contributed by atoms with Crippen molar-refractivity contribution in [1.82, 2.24) is 10.2 Å². The van der Waals surface area contributed by atoms with Crippen LogP contribution in [0.4, 0.5) is 0 Å². The van der Waals surface area contributed by atoms with E-state index >= 15 is 0 Å². The Hall–Kier alpha value is -3.02. The van der Waals surface area contributed by atoms with Crippen LogP contribution in [-0.4, -0.2) is 35.9 Å². The maximum atomic E-state index is 13.4. The average Bonchev–Trinajstić information content (AvgIpc) is 2.80. The maximum Gasteiger partial charge on any atom is 0.261 e. The molecule has 3 rings (SSSR count). The first kappa shape index (κ1) is 24.6. The number of nitrogens with zero attached hydrogens (tertiary/aromatic N) is 1. The molecule has 0 radical (unpaired) electrons. The Morgan fingerprint density at radius 3 is 2.24 bits per heavy atom. The second-order valence-electron chi connectivity index (χ2n) is 7.50. The lowest BCUT2D eigenvalue weighted by atomic mass is 10.0. The van der Waals surface area contributed by atoms with Crippen LogP contribution < -0.4 is 10.1 Å². The number of hydrogen-bond donors (Lipinski definition) is 1. The van der Waals surface area contributed by atoms with E-state index in [-0.39, 0.29) is 25.0 Å². The van der Waals surface area contributed by atoms with Gasteiger partial charge in [0.25, 0.3) is 5.91 Å². The van der Waals surface area contributed by atoms with Gasteiger partial charge in [-0.15, -0.1) is 0 Å². The summed E-state index contributed by atoms with van der Waals surface area (Å²) in [6.07, 6.45) is 0.371. The van der Waals surface area contributed by atoms with Crippen LogP contribution in [-0.2, 0) is 22.6 Å². The van der Waals surface area contributed by atoms with Crippen LogP contribution in [0.2, 0.25) is 10.0 Å². The number of carbonyl (C=O) groups is 2. The summed E-state index contributed by atoms with van der Waals surface area (Å²) in [6, 6.07) is 23.0. The molecule has 0 aliphatic rings. The van der Waals surface area contributed by atoms with E-state index in [0.29, 0.717) is 28.8 Å². The minimum absolute atomic E-state index is 0.215. The van der Waals surface area contributed by atoms with Gasteiger partial charge in [-0.2, -0.15) is 0 Å². The first-order valence-corrected chi connectivity index (χ1v) is 11.5. The van der Waals surface area contributed by atoms with E-state index in [9.17, 15) is 9.59 Å². The van der Waals surface area contributed by atoms with Gasteiger partial charge in [-0.1, -0.05) is 71.7 Å². The summed E-state index contributed by atoms with van der Waals surface area (Å²) in [5.74, 6) is -0.0576. The van der Waals surface area contributed by atoms with Gasteiger partial charge in [0.05, 0.1) is 0 Å². The second-order valence-corrected chi connectivity index (χ2v) is 8.37. The topological polar surface area (TPSA) is 58.6 Å². The number of rotatable bonds is 10. The highest BCUT2D eigenvalue weighted by molar-refractivity contribution is 6.30. The highest BCUT2D eigenvalue weighted by Crippen LogP contribution is 2.20. The molecule has 7 heteroatoms. The van der Waals surface area contributed by atoms with Crippen LogP contribution in [0.1, 0.15) is 18.1 Å². The van der Waals surface area contributed by atoms with Gasteiger partial charge in [-0.05, 0) is 48.4 Å². The van der Waals surface area contributed by atoms with Gasteiger partial charge in [-0.3, -0.25) is 9.59 Å². The lowest BCUT2D eigenvalue weighted by molar-refractivity contribution is -0.142. The Morgan fingerprint density at radius 1 is 0.909 bits per heavy atom. The normalized spacial score (nSPS) is 11.5. The van der Waals surface area contributed by atoms with Crippen LogP contribution in [0.15, 0.2) is 78.9 Å². The summed E-state index contributed by atoms with van der Waals surface area (Å²) < 4.78 is 5.70. The first-order valence-electron chi connectivity index (χ1n) is 10.7. The quantitative estimate of drug-likeness (QED) is 0.432. The minimum Gasteiger partial charge on any atom is -0.484 e. The van der Waals surface area contributed by atoms with Crippen molar-refractivity contribution < 1.29 is 14.3 Å². The molecule has 0 fully saturated rings. The molecular formula is C26H26Cl2N2O3. The lowest BCUT2D eigenvalue weighted by Gasteiger charge is -2.31. The van der Waals surface area contributed by atoms with Crippen molar-refractivity contribution in [3.8, 4) is 5.75 Å². The molecule has 0 saturated heterocycles. The van der Waals surface area contributed by atoms with Crippen LogP contribution in [0.3, 0.4) is 0 Å². The van der Waals surface area contributed by atoms with E-state index in [1.807, 2.05) is 49.4 Å². The summed E-state index contributed by atoms with van der Waals surface area (Å²) in [7, 11) is 0. The Morgan fingerprint density at radius 2 is 1.58 bits per heavy atom. The van der Waals surface area contributed by atoms with Crippen molar-refractivity contribution in [2.24, 2.45) is 0 Å². The van der Waals surface area contributed by atoms with Crippen molar-refractivity contribution in [3.63, 3.8) is 0 Å². The fraction of sp³-hybridized carbons (Fsp3) is 0.231. The lowest BCUT2D eigenvalue weighted by Crippen LogP contribution is -2.51. The standard InChI is InChI=1S/C26H26Cl2N2O3/c1-2-29-26(32)24(15-19-8-4-3-5-9-19)30(17-20-10-6-11-21(27)14-20)25(31)18-33-23-13-7-12-22(28)16-23/h3-14,16,24H,2,15,17-18H2,1H3,(H,29,32)/t24-/m1/s1. The van der Waals surface area contributed by atoms with E-state index in [0.717, 1.165) is 11.1 Å². The third-order valence-electron chi connectivity index (χ3n) is 5.02. The summed E-state index contributed by atoms with van der Waals surface area (Å²) in [6.45, 7) is 2.30.